The molecular weight excluding hydrogens is 344 g/mol. The van der Waals surface area contributed by atoms with Crippen molar-refractivity contribution in [2.75, 3.05) is 46.9 Å². The topological polar surface area (TPSA) is 75.2 Å². The molecule has 150 valence electrons. The van der Waals surface area contributed by atoms with E-state index in [2.05, 4.69) is 20.5 Å². The van der Waals surface area contributed by atoms with Gasteiger partial charge >= 0.3 is 5.97 Å². The number of benzene rings is 1. The van der Waals surface area contributed by atoms with Crippen molar-refractivity contribution in [3.05, 3.63) is 29.3 Å². The third-order valence-electron chi connectivity index (χ3n) is 4.60. The van der Waals surface area contributed by atoms with Crippen LogP contribution in [0.2, 0.25) is 0 Å². The van der Waals surface area contributed by atoms with Gasteiger partial charge in [0, 0.05) is 19.6 Å². The highest BCUT2D eigenvalue weighted by atomic mass is 16.5. The lowest BCUT2D eigenvalue weighted by Gasteiger charge is -2.26. The average molecular weight is 377 g/mol. The molecule has 2 N–H and O–H groups in total. The van der Waals surface area contributed by atoms with Crippen LogP contribution in [-0.2, 0) is 11.3 Å². The van der Waals surface area contributed by atoms with E-state index in [1.807, 2.05) is 13.0 Å². The van der Waals surface area contributed by atoms with Gasteiger partial charge in [-0.3, -0.25) is 0 Å². The monoisotopic (exact) mass is 376 g/mol. The fraction of sp³-hybridized carbons (Fsp3) is 0.600. The molecule has 0 spiro atoms. The average Bonchev–Trinajstić information content (AvgIpc) is 2.72. The van der Waals surface area contributed by atoms with Crippen molar-refractivity contribution in [1.82, 2.24) is 15.5 Å². The van der Waals surface area contributed by atoms with Crippen molar-refractivity contribution < 1.29 is 14.3 Å². The number of methoxy groups -OCH3 is 2. The molecule has 0 unspecified atom stereocenters. The highest BCUT2D eigenvalue weighted by Gasteiger charge is 2.13. The summed E-state index contributed by atoms with van der Waals surface area (Å²) < 4.78 is 10.1. The standard InChI is InChI=1S/C20H32N4O3/c1-4-21-20(22-10-13-24-11-6-5-7-12-24)23-15-16-8-9-18(26-2)17(14-16)19(25)27-3/h8-9,14H,4-7,10-13,15H2,1-3H3,(H2,21,22,23). The predicted octanol–water partition coefficient (Wildman–Crippen LogP) is 2.02. The number of hydrogen-bond acceptors (Lipinski definition) is 5. The molecule has 0 radical (unpaired) electrons. The highest BCUT2D eigenvalue weighted by Crippen LogP contribution is 2.21. The molecule has 1 aromatic carbocycles. The summed E-state index contributed by atoms with van der Waals surface area (Å²) in [6, 6.07) is 5.45. The number of piperidine rings is 1. The van der Waals surface area contributed by atoms with Crippen molar-refractivity contribution >= 4 is 11.9 Å². The summed E-state index contributed by atoms with van der Waals surface area (Å²) in [4.78, 5) is 19.0. The Labute approximate surface area is 162 Å². The molecular formula is C20H32N4O3. The highest BCUT2D eigenvalue weighted by molar-refractivity contribution is 5.92. The molecule has 0 saturated carbocycles. The molecule has 0 bridgehead atoms. The lowest BCUT2D eigenvalue weighted by atomic mass is 10.1. The summed E-state index contributed by atoms with van der Waals surface area (Å²) in [7, 11) is 2.90. The van der Waals surface area contributed by atoms with Gasteiger partial charge in [0.25, 0.3) is 0 Å². The minimum absolute atomic E-state index is 0.413. The molecule has 1 fully saturated rings. The fourth-order valence-corrected chi connectivity index (χ4v) is 3.15. The van der Waals surface area contributed by atoms with Crippen LogP contribution in [0, 0.1) is 0 Å². The second kappa shape index (κ2) is 11.4. The summed E-state index contributed by atoms with van der Waals surface area (Å²) in [6.07, 6.45) is 3.95. The van der Waals surface area contributed by atoms with Crippen LogP contribution in [0.1, 0.15) is 42.1 Å². The molecule has 1 saturated heterocycles. The lowest BCUT2D eigenvalue weighted by molar-refractivity contribution is 0.0597. The molecule has 7 heteroatoms. The molecule has 1 aromatic rings. The number of carbonyl (C=O) groups excluding carboxylic acids is 1. The molecule has 7 nitrogen and oxygen atoms in total. The third kappa shape index (κ3) is 6.75. The lowest BCUT2D eigenvalue weighted by Crippen LogP contribution is -2.42. The van der Waals surface area contributed by atoms with Crippen molar-refractivity contribution in [1.29, 1.82) is 0 Å². The smallest absolute Gasteiger partial charge is 0.341 e. The van der Waals surface area contributed by atoms with Gasteiger partial charge < -0.3 is 25.0 Å². The summed E-state index contributed by atoms with van der Waals surface area (Å²) in [5.41, 5.74) is 1.33. The molecule has 2 rings (SSSR count). The van der Waals surface area contributed by atoms with Crippen LogP contribution in [-0.4, -0.2) is 63.8 Å². The first-order valence-electron chi connectivity index (χ1n) is 9.67. The number of guanidine groups is 1. The maximum atomic E-state index is 11.9. The van der Waals surface area contributed by atoms with Crippen LogP contribution >= 0.6 is 0 Å². The number of carbonyl (C=O) groups is 1. The molecule has 1 heterocycles. The number of likely N-dealkylation sites (tertiary alicyclic amines) is 1. The zero-order valence-corrected chi connectivity index (χ0v) is 16.7. The van der Waals surface area contributed by atoms with E-state index in [0.29, 0.717) is 17.9 Å². The maximum Gasteiger partial charge on any atom is 0.341 e. The van der Waals surface area contributed by atoms with Crippen molar-refractivity contribution in [2.45, 2.75) is 32.7 Å². The van der Waals surface area contributed by atoms with Crippen LogP contribution in [0.5, 0.6) is 5.75 Å². The van der Waals surface area contributed by atoms with E-state index < -0.39 is 5.97 Å². The number of nitrogens with one attached hydrogen (secondary N) is 2. The predicted molar refractivity (Wildman–Crippen MR) is 107 cm³/mol. The fourth-order valence-electron chi connectivity index (χ4n) is 3.15. The summed E-state index contributed by atoms with van der Waals surface area (Å²) in [6.45, 7) is 7.58. The Hall–Kier alpha value is -2.28. The Morgan fingerprint density at radius 2 is 1.96 bits per heavy atom. The number of ether oxygens (including phenoxy) is 2. The number of esters is 1. The second-order valence-corrected chi connectivity index (χ2v) is 6.55. The first-order valence-corrected chi connectivity index (χ1v) is 9.67. The normalized spacial score (nSPS) is 15.3. The van der Waals surface area contributed by atoms with Crippen LogP contribution in [0.4, 0.5) is 0 Å². The first-order chi connectivity index (χ1) is 13.2. The SMILES string of the molecule is CCNC(=NCc1ccc(OC)c(C(=O)OC)c1)NCCN1CCCCC1. The Bertz CT molecular complexity index is 628. The molecule has 0 aliphatic carbocycles. The zero-order chi connectivity index (χ0) is 19.5. The molecule has 0 amide bonds. The number of aliphatic imine (C=N–C) groups is 1. The summed E-state index contributed by atoms with van der Waals surface area (Å²) in [5.74, 6) is 0.871. The van der Waals surface area contributed by atoms with E-state index >= 15 is 0 Å². The number of rotatable bonds is 8. The minimum Gasteiger partial charge on any atom is -0.496 e. The van der Waals surface area contributed by atoms with Gasteiger partial charge in [-0.25, -0.2) is 9.79 Å². The second-order valence-electron chi connectivity index (χ2n) is 6.55. The minimum atomic E-state index is -0.413. The van der Waals surface area contributed by atoms with Crippen molar-refractivity contribution in [2.24, 2.45) is 4.99 Å². The van der Waals surface area contributed by atoms with E-state index in [1.54, 1.807) is 12.1 Å². The first kappa shape index (κ1) is 21.0. The molecule has 1 aliphatic heterocycles. The van der Waals surface area contributed by atoms with Crippen molar-refractivity contribution in [3.8, 4) is 5.75 Å². The van der Waals surface area contributed by atoms with E-state index in [4.69, 9.17) is 9.47 Å². The van der Waals surface area contributed by atoms with Gasteiger partial charge in [-0.1, -0.05) is 12.5 Å². The van der Waals surface area contributed by atoms with Gasteiger partial charge in [0.15, 0.2) is 5.96 Å². The van der Waals surface area contributed by atoms with Gasteiger partial charge in [-0.05, 0) is 50.6 Å². The van der Waals surface area contributed by atoms with E-state index in [1.165, 1.54) is 46.6 Å². The maximum absolute atomic E-state index is 11.9. The zero-order valence-electron chi connectivity index (χ0n) is 16.7. The quantitative estimate of drug-likeness (QED) is 0.411. The molecule has 27 heavy (non-hydrogen) atoms. The largest absolute Gasteiger partial charge is 0.496 e. The number of hydrogen-bond donors (Lipinski definition) is 2. The number of nitrogens with zero attached hydrogens (tertiary/aromatic N) is 2. The van der Waals surface area contributed by atoms with Crippen LogP contribution in [0.15, 0.2) is 23.2 Å². The van der Waals surface area contributed by atoms with Crippen molar-refractivity contribution in [3.63, 3.8) is 0 Å². The van der Waals surface area contributed by atoms with Crippen LogP contribution in [0.25, 0.3) is 0 Å². The molecule has 1 aliphatic rings. The summed E-state index contributed by atoms with van der Waals surface area (Å²) >= 11 is 0. The Kier molecular flexibility index (Phi) is 8.91. The Balaban J connectivity index is 1.95. The van der Waals surface area contributed by atoms with E-state index in [0.717, 1.165) is 31.2 Å². The Morgan fingerprint density at radius 1 is 1.19 bits per heavy atom. The van der Waals surface area contributed by atoms with E-state index in [-0.39, 0.29) is 0 Å². The van der Waals surface area contributed by atoms with Crippen LogP contribution in [0.3, 0.4) is 0 Å². The van der Waals surface area contributed by atoms with Gasteiger partial charge in [0.1, 0.15) is 11.3 Å². The molecule has 0 atom stereocenters. The van der Waals surface area contributed by atoms with Crippen LogP contribution < -0.4 is 15.4 Å². The van der Waals surface area contributed by atoms with Gasteiger partial charge in [0.05, 0.1) is 20.8 Å². The van der Waals surface area contributed by atoms with Gasteiger partial charge in [0.2, 0.25) is 0 Å². The molecule has 0 aromatic heterocycles. The third-order valence-corrected chi connectivity index (χ3v) is 4.60. The van der Waals surface area contributed by atoms with Gasteiger partial charge in [-0.2, -0.15) is 0 Å². The van der Waals surface area contributed by atoms with Gasteiger partial charge in [-0.15, -0.1) is 0 Å². The Morgan fingerprint density at radius 3 is 2.63 bits per heavy atom. The summed E-state index contributed by atoms with van der Waals surface area (Å²) in [5, 5.41) is 6.66. The van der Waals surface area contributed by atoms with E-state index in [9.17, 15) is 4.79 Å².